The van der Waals surface area contributed by atoms with Gasteiger partial charge in [-0.3, -0.25) is 9.59 Å². The van der Waals surface area contributed by atoms with Crippen LogP contribution in [0.4, 0.5) is 0 Å². The standard InChI is InChI=1S/C25H25NO3/c1-29-25(28)19-26(18-20-11-5-2-6-12-20)24(27)17-23(21-13-7-3-8-14-21)22-15-9-4-10-16-22/h2-16,23H,17-19H2,1H3. The second-order valence-electron chi connectivity index (χ2n) is 6.89. The molecule has 0 aromatic heterocycles. The van der Waals surface area contributed by atoms with E-state index in [9.17, 15) is 9.59 Å². The van der Waals surface area contributed by atoms with Gasteiger partial charge in [0.05, 0.1) is 7.11 Å². The first kappa shape index (κ1) is 20.3. The van der Waals surface area contributed by atoms with E-state index in [1.165, 1.54) is 7.11 Å². The third-order valence-corrected chi connectivity index (χ3v) is 4.90. The van der Waals surface area contributed by atoms with Crippen molar-refractivity contribution in [1.29, 1.82) is 0 Å². The van der Waals surface area contributed by atoms with Crippen LogP contribution in [0.2, 0.25) is 0 Å². The molecule has 3 aromatic rings. The minimum absolute atomic E-state index is 0.0689. The predicted molar refractivity (Wildman–Crippen MR) is 113 cm³/mol. The SMILES string of the molecule is COC(=O)CN(Cc1ccccc1)C(=O)CC(c1ccccc1)c1ccccc1. The molecular formula is C25H25NO3. The molecule has 0 bridgehead atoms. The van der Waals surface area contributed by atoms with Crippen LogP contribution >= 0.6 is 0 Å². The highest BCUT2D eigenvalue weighted by Gasteiger charge is 2.24. The van der Waals surface area contributed by atoms with Crippen LogP contribution in [0.3, 0.4) is 0 Å². The van der Waals surface area contributed by atoms with Crippen molar-refractivity contribution >= 4 is 11.9 Å². The Morgan fingerprint density at radius 3 is 1.76 bits per heavy atom. The zero-order valence-electron chi connectivity index (χ0n) is 16.5. The van der Waals surface area contributed by atoms with Crippen molar-refractivity contribution in [3.63, 3.8) is 0 Å². The smallest absolute Gasteiger partial charge is 0.325 e. The van der Waals surface area contributed by atoms with Gasteiger partial charge in [-0.1, -0.05) is 91.0 Å². The van der Waals surface area contributed by atoms with Crippen LogP contribution in [0.15, 0.2) is 91.0 Å². The highest BCUT2D eigenvalue weighted by Crippen LogP contribution is 2.28. The third-order valence-electron chi connectivity index (χ3n) is 4.90. The van der Waals surface area contributed by atoms with Crippen LogP contribution in [0, 0.1) is 0 Å². The Hall–Kier alpha value is -3.40. The van der Waals surface area contributed by atoms with Crippen LogP contribution in [0.1, 0.15) is 29.0 Å². The van der Waals surface area contributed by atoms with E-state index in [1.54, 1.807) is 4.90 Å². The van der Waals surface area contributed by atoms with Gasteiger partial charge in [0.1, 0.15) is 6.54 Å². The van der Waals surface area contributed by atoms with Crippen LogP contribution < -0.4 is 0 Å². The number of hydrogen-bond acceptors (Lipinski definition) is 3. The molecule has 148 valence electrons. The molecule has 29 heavy (non-hydrogen) atoms. The summed E-state index contributed by atoms with van der Waals surface area (Å²) in [6.45, 7) is 0.297. The number of amides is 1. The van der Waals surface area contributed by atoms with E-state index in [1.807, 2.05) is 91.0 Å². The van der Waals surface area contributed by atoms with Crippen LogP contribution in [-0.4, -0.2) is 30.4 Å². The number of ether oxygens (including phenoxy) is 1. The lowest BCUT2D eigenvalue weighted by Gasteiger charge is -2.25. The highest BCUT2D eigenvalue weighted by atomic mass is 16.5. The van der Waals surface area contributed by atoms with Crippen molar-refractivity contribution in [3.05, 3.63) is 108 Å². The number of carbonyl (C=O) groups excluding carboxylic acids is 2. The fourth-order valence-corrected chi connectivity index (χ4v) is 3.36. The summed E-state index contributed by atoms with van der Waals surface area (Å²) < 4.78 is 4.81. The summed E-state index contributed by atoms with van der Waals surface area (Å²) in [5.74, 6) is -0.594. The number of nitrogens with zero attached hydrogens (tertiary/aromatic N) is 1. The van der Waals surface area contributed by atoms with Gasteiger partial charge >= 0.3 is 5.97 Å². The molecule has 0 saturated heterocycles. The van der Waals surface area contributed by atoms with E-state index < -0.39 is 5.97 Å². The second kappa shape index (κ2) is 10.2. The van der Waals surface area contributed by atoms with Gasteiger partial charge in [0.25, 0.3) is 0 Å². The molecule has 0 aliphatic carbocycles. The minimum Gasteiger partial charge on any atom is -0.468 e. The Bertz CT molecular complexity index is 871. The summed E-state index contributed by atoms with van der Waals surface area (Å²) in [7, 11) is 1.34. The third kappa shape index (κ3) is 5.79. The van der Waals surface area contributed by atoms with Gasteiger partial charge in [-0.05, 0) is 16.7 Å². The molecular weight excluding hydrogens is 362 g/mol. The number of carbonyl (C=O) groups is 2. The van der Waals surface area contributed by atoms with E-state index in [0.29, 0.717) is 6.54 Å². The van der Waals surface area contributed by atoms with Gasteiger partial charge in [0.15, 0.2) is 0 Å². The molecule has 0 saturated carbocycles. The van der Waals surface area contributed by atoms with Gasteiger partial charge in [0.2, 0.25) is 5.91 Å². The topological polar surface area (TPSA) is 46.6 Å². The van der Waals surface area contributed by atoms with Gasteiger partial charge in [-0.15, -0.1) is 0 Å². The molecule has 0 unspecified atom stereocenters. The summed E-state index contributed by atoms with van der Waals surface area (Å²) in [6.07, 6.45) is 0.276. The summed E-state index contributed by atoms with van der Waals surface area (Å²) >= 11 is 0. The van der Waals surface area contributed by atoms with Crippen molar-refractivity contribution in [1.82, 2.24) is 4.90 Å². The fourth-order valence-electron chi connectivity index (χ4n) is 3.36. The maximum Gasteiger partial charge on any atom is 0.325 e. The molecule has 0 atom stereocenters. The predicted octanol–water partition coefficient (Wildman–Crippen LogP) is 4.41. The molecule has 0 aliphatic heterocycles. The molecule has 0 heterocycles. The first-order valence-corrected chi connectivity index (χ1v) is 9.65. The van der Waals surface area contributed by atoms with E-state index in [-0.39, 0.29) is 24.8 Å². The van der Waals surface area contributed by atoms with E-state index >= 15 is 0 Å². The minimum atomic E-state index is -0.426. The zero-order valence-corrected chi connectivity index (χ0v) is 16.5. The van der Waals surface area contributed by atoms with Gasteiger partial charge in [-0.25, -0.2) is 0 Å². The van der Waals surface area contributed by atoms with Crippen LogP contribution in [0.5, 0.6) is 0 Å². The average Bonchev–Trinajstić information content (AvgIpc) is 2.78. The Balaban J connectivity index is 1.85. The van der Waals surface area contributed by atoms with Crippen molar-refractivity contribution in [2.45, 2.75) is 18.9 Å². The van der Waals surface area contributed by atoms with E-state index in [0.717, 1.165) is 16.7 Å². The molecule has 4 nitrogen and oxygen atoms in total. The molecule has 0 radical (unpaired) electrons. The highest BCUT2D eigenvalue weighted by molar-refractivity contribution is 5.83. The van der Waals surface area contributed by atoms with Crippen molar-refractivity contribution in [2.24, 2.45) is 0 Å². The lowest BCUT2D eigenvalue weighted by molar-refractivity contribution is -0.147. The maximum atomic E-state index is 13.3. The summed E-state index contributed by atoms with van der Waals surface area (Å²) in [4.78, 5) is 26.8. The van der Waals surface area contributed by atoms with E-state index in [4.69, 9.17) is 4.74 Å². The number of rotatable bonds is 8. The van der Waals surface area contributed by atoms with Crippen molar-refractivity contribution < 1.29 is 14.3 Å². The van der Waals surface area contributed by atoms with Crippen molar-refractivity contribution in [3.8, 4) is 0 Å². The second-order valence-corrected chi connectivity index (χ2v) is 6.89. The first-order chi connectivity index (χ1) is 14.2. The Morgan fingerprint density at radius 2 is 1.28 bits per heavy atom. The number of hydrogen-bond donors (Lipinski definition) is 0. The average molecular weight is 387 g/mol. The molecule has 0 fully saturated rings. The van der Waals surface area contributed by atoms with Crippen LogP contribution in [0.25, 0.3) is 0 Å². The molecule has 1 amide bonds. The molecule has 0 N–H and O–H groups in total. The van der Waals surface area contributed by atoms with Gasteiger partial charge in [0, 0.05) is 18.9 Å². The number of methoxy groups -OCH3 is 1. The first-order valence-electron chi connectivity index (χ1n) is 9.65. The number of benzene rings is 3. The zero-order chi connectivity index (χ0) is 20.5. The molecule has 3 aromatic carbocycles. The maximum absolute atomic E-state index is 13.3. The largest absolute Gasteiger partial charge is 0.468 e. The Morgan fingerprint density at radius 1 is 0.793 bits per heavy atom. The number of esters is 1. The van der Waals surface area contributed by atoms with Crippen molar-refractivity contribution in [2.75, 3.05) is 13.7 Å². The molecule has 0 spiro atoms. The Labute approximate surface area is 171 Å². The summed E-state index contributed by atoms with van der Waals surface area (Å²) in [5, 5.41) is 0. The normalized spacial score (nSPS) is 10.6. The monoisotopic (exact) mass is 387 g/mol. The fraction of sp³-hybridized carbons (Fsp3) is 0.200. The lowest BCUT2D eigenvalue weighted by atomic mass is 9.88. The summed E-state index contributed by atoms with van der Waals surface area (Å²) in [6, 6.07) is 29.6. The Kier molecular flexibility index (Phi) is 7.17. The quantitative estimate of drug-likeness (QED) is 0.538. The molecule has 0 aliphatic rings. The lowest BCUT2D eigenvalue weighted by Crippen LogP contribution is -2.36. The van der Waals surface area contributed by atoms with Gasteiger partial charge < -0.3 is 9.64 Å². The molecule has 4 heteroatoms. The van der Waals surface area contributed by atoms with Crippen LogP contribution in [-0.2, 0) is 20.9 Å². The van der Waals surface area contributed by atoms with Gasteiger partial charge in [-0.2, -0.15) is 0 Å². The summed E-state index contributed by atoms with van der Waals surface area (Å²) in [5.41, 5.74) is 3.12. The van der Waals surface area contributed by atoms with E-state index in [2.05, 4.69) is 0 Å². The molecule has 3 rings (SSSR count).